The number of esters is 2. The largest absolute Gasteiger partial charge is 0.494 e. The molecular formula is C23H27NO5. The van der Waals surface area contributed by atoms with Gasteiger partial charge in [0.1, 0.15) is 11.5 Å². The highest BCUT2D eigenvalue weighted by molar-refractivity contribution is 5.91. The van der Waals surface area contributed by atoms with E-state index in [4.69, 9.17) is 19.9 Å². The number of hydrogen-bond donors (Lipinski definition) is 1. The average molecular weight is 397 g/mol. The molecule has 0 fully saturated rings. The summed E-state index contributed by atoms with van der Waals surface area (Å²) in [4.78, 5) is 23.0. The van der Waals surface area contributed by atoms with E-state index in [9.17, 15) is 9.59 Å². The predicted molar refractivity (Wildman–Crippen MR) is 111 cm³/mol. The maximum atomic E-state index is 12.2. The van der Waals surface area contributed by atoms with Gasteiger partial charge in [0.2, 0.25) is 0 Å². The Morgan fingerprint density at radius 2 is 1.48 bits per heavy atom. The Labute approximate surface area is 171 Å². The van der Waals surface area contributed by atoms with Crippen molar-refractivity contribution in [3.05, 3.63) is 72.3 Å². The Bertz CT molecular complexity index is 784. The Morgan fingerprint density at radius 1 is 0.862 bits per heavy atom. The van der Waals surface area contributed by atoms with Gasteiger partial charge in [0, 0.05) is 12.6 Å². The second kappa shape index (κ2) is 12.4. The molecule has 0 saturated heterocycles. The molecule has 29 heavy (non-hydrogen) atoms. The fraction of sp³-hybridized carbons (Fsp3) is 0.304. The van der Waals surface area contributed by atoms with E-state index in [1.165, 1.54) is 6.08 Å². The highest BCUT2D eigenvalue weighted by Gasteiger charge is 2.08. The van der Waals surface area contributed by atoms with E-state index in [0.717, 1.165) is 37.0 Å². The van der Waals surface area contributed by atoms with Crippen LogP contribution in [0.1, 0.15) is 41.6 Å². The van der Waals surface area contributed by atoms with Gasteiger partial charge in [0.25, 0.3) is 0 Å². The highest BCUT2D eigenvalue weighted by Crippen LogP contribution is 2.19. The molecule has 2 aromatic rings. The van der Waals surface area contributed by atoms with Gasteiger partial charge in [0.05, 0.1) is 18.8 Å². The van der Waals surface area contributed by atoms with E-state index in [1.807, 2.05) is 0 Å². The van der Waals surface area contributed by atoms with Crippen molar-refractivity contribution in [3.63, 3.8) is 0 Å². The number of unbranched alkanes of at least 4 members (excludes halogenated alkanes) is 3. The number of hydrogen-bond acceptors (Lipinski definition) is 6. The van der Waals surface area contributed by atoms with Gasteiger partial charge >= 0.3 is 11.9 Å². The van der Waals surface area contributed by atoms with E-state index < -0.39 is 5.97 Å². The second-order valence-electron chi connectivity index (χ2n) is 6.40. The normalized spacial score (nSPS) is 10.2. The Morgan fingerprint density at radius 3 is 2.10 bits per heavy atom. The van der Waals surface area contributed by atoms with Gasteiger partial charge in [-0.15, -0.1) is 0 Å². The molecule has 0 heterocycles. The second-order valence-corrected chi connectivity index (χ2v) is 6.40. The first-order valence-electron chi connectivity index (χ1n) is 9.65. The smallest absolute Gasteiger partial charge is 0.343 e. The van der Waals surface area contributed by atoms with E-state index >= 15 is 0 Å². The summed E-state index contributed by atoms with van der Waals surface area (Å²) in [6.07, 6.45) is 4.86. The highest BCUT2D eigenvalue weighted by atomic mass is 16.5. The summed E-state index contributed by atoms with van der Waals surface area (Å²) in [5, 5.41) is 0. The molecule has 0 unspecified atom stereocenters. The number of nitrogens with two attached hydrogens (primary N) is 1. The number of carbonyl (C=O) groups is 2. The van der Waals surface area contributed by atoms with Crippen LogP contribution in [0.2, 0.25) is 0 Å². The van der Waals surface area contributed by atoms with E-state index in [2.05, 4.69) is 6.58 Å². The molecule has 0 radical (unpaired) electrons. The van der Waals surface area contributed by atoms with Crippen molar-refractivity contribution in [1.82, 2.24) is 0 Å². The lowest BCUT2D eigenvalue weighted by molar-refractivity contribution is -0.137. The molecular weight excluding hydrogens is 370 g/mol. The third-order valence-corrected chi connectivity index (χ3v) is 4.18. The minimum atomic E-state index is -0.416. The number of benzene rings is 2. The van der Waals surface area contributed by atoms with Crippen LogP contribution in [0, 0.1) is 0 Å². The van der Waals surface area contributed by atoms with Crippen molar-refractivity contribution in [2.45, 2.75) is 32.2 Å². The number of carbonyl (C=O) groups excluding carboxylic acids is 2. The maximum Gasteiger partial charge on any atom is 0.343 e. The van der Waals surface area contributed by atoms with Crippen molar-refractivity contribution in [2.75, 3.05) is 13.2 Å². The van der Waals surface area contributed by atoms with Crippen molar-refractivity contribution < 1.29 is 23.8 Å². The molecule has 6 nitrogen and oxygen atoms in total. The summed E-state index contributed by atoms with van der Waals surface area (Å²) in [5.74, 6) is 0.379. The van der Waals surface area contributed by atoms with Crippen LogP contribution in [0.5, 0.6) is 11.5 Å². The molecule has 0 aliphatic rings. The quantitative estimate of drug-likeness (QED) is 0.252. The van der Waals surface area contributed by atoms with E-state index in [1.54, 1.807) is 48.5 Å². The molecule has 0 aliphatic heterocycles. The molecule has 0 saturated carbocycles. The molecule has 0 spiro atoms. The molecule has 6 heteroatoms. The van der Waals surface area contributed by atoms with Crippen LogP contribution in [-0.4, -0.2) is 25.2 Å². The minimum Gasteiger partial charge on any atom is -0.494 e. The number of rotatable bonds is 12. The van der Waals surface area contributed by atoms with Gasteiger partial charge in [-0.25, -0.2) is 9.59 Å². The SMILES string of the molecule is C=CC(=O)OCCCCCCOc1ccc(OC(=O)c2ccc(CN)cc2)cc1. The van der Waals surface area contributed by atoms with Gasteiger partial charge in [0.15, 0.2) is 0 Å². The Balaban J connectivity index is 1.64. The standard InChI is InChI=1S/C23H27NO5/c1-2-22(25)28-16-6-4-3-5-15-27-20-11-13-21(14-12-20)29-23(26)19-9-7-18(17-24)8-10-19/h2,7-14H,1,3-6,15-17,24H2. The lowest BCUT2D eigenvalue weighted by atomic mass is 10.1. The summed E-state index contributed by atoms with van der Waals surface area (Å²) in [6, 6.07) is 14.0. The predicted octanol–water partition coefficient (Wildman–Crippen LogP) is 4.03. The lowest BCUT2D eigenvalue weighted by Crippen LogP contribution is -2.08. The zero-order chi connectivity index (χ0) is 20.9. The maximum absolute atomic E-state index is 12.2. The summed E-state index contributed by atoms with van der Waals surface area (Å²) < 4.78 is 16.0. The topological polar surface area (TPSA) is 87.9 Å². The Hall–Kier alpha value is -3.12. The van der Waals surface area contributed by atoms with Crippen LogP contribution in [0.3, 0.4) is 0 Å². The molecule has 0 amide bonds. The average Bonchev–Trinajstić information content (AvgIpc) is 2.76. The fourth-order valence-electron chi connectivity index (χ4n) is 2.53. The first-order chi connectivity index (χ1) is 14.1. The fourth-order valence-corrected chi connectivity index (χ4v) is 2.53. The summed E-state index contributed by atoms with van der Waals surface area (Å²) in [7, 11) is 0. The van der Waals surface area contributed by atoms with Crippen molar-refractivity contribution >= 4 is 11.9 Å². The molecule has 2 N–H and O–H groups in total. The van der Waals surface area contributed by atoms with Crippen molar-refractivity contribution in [2.24, 2.45) is 5.73 Å². The van der Waals surface area contributed by atoms with Crippen molar-refractivity contribution in [3.8, 4) is 11.5 Å². The van der Waals surface area contributed by atoms with Gasteiger partial charge in [-0.1, -0.05) is 18.7 Å². The van der Waals surface area contributed by atoms with E-state index in [0.29, 0.717) is 31.1 Å². The minimum absolute atomic E-state index is 0.382. The van der Waals surface area contributed by atoms with Gasteiger partial charge in [-0.05, 0) is 67.6 Å². The zero-order valence-electron chi connectivity index (χ0n) is 16.5. The van der Waals surface area contributed by atoms with Crippen LogP contribution in [0.25, 0.3) is 0 Å². The first kappa shape index (κ1) is 22.2. The molecule has 2 rings (SSSR count). The van der Waals surface area contributed by atoms with E-state index in [-0.39, 0.29) is 5.97 Å². The number of ether oxygens (including phenoxy) is 3. The molecule has 0 aromatic heterocycles. The van der Waals surface area contributed by atoms with Crippen LogP contribution in [-0.2, 0) is 16.1 Å². The van der Waals surface area contributed by atoms with Gasteiger partial charge < -0.3 is 19.9 Å². The van der Waals surface area contributed by atoms with Crippen LogP contribution in [0.4, 0.5) is 0 Å². The van der Waals surface area contributed by atoms with Crippen LogP contribution >= 0.6 is 0 Å². The third-order valence-electron chi connectivity index (χ3n) is 4.18. The van der Waals surface area contributed by atoms with Crippen LogP contribution in [0.15, 0.2) is 61.2 Å². The summed E-state index contributed by atoms with van der Waals surface area (Å²) in [5.41, 5.74) is 6.98. The molecule has 154 valence electrons. The summed E-state index contributed by atoms with van der Waals surface area (Å²) >= 11 is 0. The third kappa shape index (κ3) is 8.19. The Kier molecular flexibility index (Phi) is 9.45. The molecule has 0 aliphatic carbocycles. The molecule has 2 aromatic carbocycles. The monoisotopic (exact) mass is 397 g/mol. The van der Waals surface area contributed by atoms with Crippen molar-refractivity contribution in [1.29, 1.82) is 0 Å². The molecule has 0 bridgehead atoms. The van der Waals surface area contributed by atoms with Crippen LogP contribution < -0.4 is 15.2 Å². The van der Waals surface area contributed by atoms with Gasteiger partial charge in [-0.2, -0.15) is 0 Å². The van der Waals surface area contributed by atoms with Gasteiger partial charge in [-0.3, -0.25) is 0 Å². The lowest BCUT2D eigenvalue weighted by Gasteiger charge is -2.08. The zero-order valence-corrected chi connectivity index (χ0v) is 16.5. The first-order valence-corrected chi connectivity index (χ1v) is 9.65. The molecule has 0 atom stereocenters. The summed E-state index contributed by atoms with van der Waals surface area (Å²) in [6.45, 7) is 4.80.